The molecule has 1 aromatic carbocycles. The van der Waals surface area contributed by atoms with Crippen molar-refractivity contribution in [1.29, 1.82) is 0 Å². The van der Waals surface area contributed by atoms with Gasteiger partial charge in [-0.15, -0.1) is 11.3 Å². The summed E-state index contributed by atoms with van der Waals surface area (Å²) >= 11 is 1.32. The number of nitrogens with one attached hydrogen (secondary N) is 2. The van der Waals surface area contributed by atoms with E-state index in [0.29, 0.717) is 34.1 Å². The van der Waals surface area contributed by atoms with Gasteiger partial charge in [0.1, 0.15) is 22.3 Å². The summed E-state index contributed by atoms with van der Waals surface area (Å²) in [6.45, 7) is 0. The van der Waals surface area contributed by atoms with E-state index in [1.807, 2.05) is 0 Å². The molecule has 0 bridgehead atoms. The summed E-state index contributed by atoms with van der Waals surface area (Å²) in [6.07, 6.45) is 2.60. The number of anilines is 1. The standard InChI is InChI=1S/C21H19FN2O3S/c22-17-4-2-1-3-15(17)18-9-7-14(27-18)8-10-19(25)24-21-16(11-12-28-21)20(26)23-13-5-6-13/h1-4,7,9,11-13H,5-6,8,10H2,(H,23,26)(H,24,25). The minimum atomic E-state index is -0.351. The van der Waals surface area contributed by atoms with Crippen LogP contribution < -0.4 is 10.6 Å². The Morgan fingerprint density at radius 1 is 1.14 bits per heavy atom. The van der Waals surface area contributed by atoms with Gasteiger partial charge in [-0.3, -0.25) is 9.59 Å². The first kappa shape index (κ1) is 18.4. The monoisotopic (exact) mass is 398 g/mol. The van der Waals surface area contributed by atoms with E-state index in [0.717, 1.165) is 12.8 Å². The number of amides is 2. The Labute approximate surface area is 165 Å². The Balaban J connectivity index is 1.34. The van der Waals surface area contributed by atoms with Gasteiger partial charge in [0.25, 0.3) is 5.91 Å². The molecule has 3 aromatic rings. The lowest BCUT2D eigenvalue weighted by Crippen LogP contribution is -2.26. The van der Waals surface area contributed by atoms with Crippen molar-refractivity contribution in [1.82, 2.24) is 5.32 Å². The molecule has 0 unspecified atom stereocenters. The van der Waals surface area contributed by atoms with Gasteiger partial charge in [-0.1, -0.05) is 12.1 Å². The minimum Gasteiger partial charge on any atom is -0.461 e. The van der Waals surface area contributed by atoms with E-state index in [1.165, 1.54) is 17.4 Å². The number of carbonyl (C=O) groups excluding carboxylic acids is 2. The van der Waals surface area contributed by atoms with Gasteiger partial charge < -0.3 is 15.1 Å². The first-order valence-electron chi connectivity index (χ1n) is 9.12. The molecular weight excluding hydrogens is 379 g/mol. The average molecular weight is 398 g/mol. The normalized spacial score (nSPS) is 13.3. The summed E-state index contributed by atoms with van der Waals surface area (Å²) in [6, 6.07) is 11.8. The molecule has 2 aromatic heterocycles. The zero-order valence-electron chi connectivity index (χ0n) is 15.0. The van der Waals surface area contributed by atoms with E-state index in [2.05, 4.69) is 10.6 Å². The smallest absolute Gasteiger partial charge is 0.254 e. The van der Waals surface area contributed by atoms with E-state index in [-0.39, 0.29) is 30.1 Å². The van der Waals surface area contributed by atoms with Crippen molar-refractivity contribution in [3.63, 3.8) is 0 Å². The Bertz CT molecular complexity index is 1010. The Morgan fingerprint density at radius 3 is 2.75 bits per heavy atom. The van der Waals surface area contributed by atoms with E-state index < -0.39 is 0 Å². The summed E-state index contributed by atoms with van der Waals surface area (Å²) in [4.78, 5) is 24.5. The van der Waals surface area contributed by atoms with Crippen LogP contribution in [-0.2, 0) is 11.2 Å². The van der Waals surface area contributed by atoms with Crippen LogP contribution in [0.3, 0.4) is 0 Å². The molecule has 0 saturated heterocycles. The molecule has 2 amide bonds. The quantitative estimate of drug-likeness (QED) is 0.610. The number of carbonyl (C=O) groups is 2. The van der Waals surface area contributed by atoms with Crippen molar-refractivity contribution in [2.75, 3.05) is 5.32 Å². The van der Waals surface area contributed by atoms with Crippen LogP contribution in [0.25, 0.3) is 11.3 Å². The van der Waals surface area contributed by atoms with Crippen LogP contribution in [0.1, 0.15) is 35.4 Å². The zero-order valence-corrected chi connectivity index (χ0v) is 15.9. The molecule has 0 atom stereocenters. The van der Waals surface area contributed by atoms with Crippen molar-refractivity contribution < 1.29 is 18.4 Å². The van der Waals surface area contributed by atoms with Crippen molar-refractivity contribution in [2.45, 2.75) is 31.7 Å². The maximum absolute atomic E-state index is 13.8. The molecule has 5 nitrogen and oxygen atoms in total. The molecule has 1 fully saturated rings. The fourth-order valence-corrected chi connectivity index (χ4v) is 3.62. The maximum Gasteiger partial charge on any atom is 0.254 e. The predicted octanol–water partition coefficient (Wildman–Crippen LogP) is 4.61. The second-order valence-corrected chi connectivity index (χ2v) is 7.62. The van der Waals surface area contributed by atoms with Crippen LogP contribution in [-0.4, -0.2) is 17.9 Å². The van der Waals surface area contributed by atoms with E-state index in [4.69, 9.17) is 4.42 Å². The van der Waals surface area contributed by atoms with Gasteiger partial charge in [-0.2, -0.15) is 0 Å². The minimum absolute atomic E-state index is 0.153. The highest BCUT2D eigenvalue weighted by molar-refractivity contribution is 7.14. The lowest BCUT2D eigenvalue weighted by Gasteiger charge is -2.06. The molecule has 0 aliphatic heterocycles. The number of thiophene rings is 1. The zero-order chi connectivity index (χ0) is 19.5. The van der Waals surface area contributed by atoms with Gasteiger partial charge in [0.05, 0.1) is 11.1 Å². The van der Waals surface area contributed by atoms with Crippen molar-refractivity contribution in [3.05, 3.63) is 65.0 Å². The number of aryl methyl sites for hydroxylation is 1. The maximum atomic E-state index is 13.8. The highest BCUT2D eigenvalue weighted by Crippen LogP contribution is 2.27. The highest BCUT2D eigenvalue weighted by Gasteiger charge is 2.25. The van der Waals surface area contributed by atoms with Crippen molar-refractivity contribution >= 4 is 28.2 Å². The largest absolute Gasteiger partial charge is 0.461 e. The fraction of sp³-hybridized carbons (Fsp3) is 0.238. The third-order valence-electron chi connectivity index (χ3n) is 4.47. The number of furan rings is 1. The molecule has 4 rings (SSSR count). The van der Waals surface area contributed by atoms with Crippen LogP contribution in [0.2, 0.25) is 0 Å². The van der Waals surface area contributed by atoms with Crippen LogP contribution in [0.4, 0.5) is 9.39 Å². The number of hydrogen-bond donors (Lipinski definition) is 2. The summed E-state index contributed by atoms with van der Waals surface area (Å²) in [5.41, 5.74) is 0.883. The number of hydrogen-bond acceptors (Lipinski definition) is 4. The third-order valence-corrected chi connectivity index (χ3v) is 5.30. The van der Waals surface area contributed by atoms with Gasteiger partial charge >= 0.3 is 0 Å². The molecule has 1 aliphatic rings. The van der Waals surface area contributed by atoms with Crippen molar-refractivity contribution in [3.8, 4) is 11.3 Å². The average Bonchev–Trinajstić information content (AvgIpc) is 3.18. The third kappa shape index (κ3) is 4.31. The summed E-state index contributed by atoms with van der Waals surface area (Å²) in [5.74, 6) is 0.333. The van der Waals surface area contributed by atoms with Gasteiger partial charge in [-0.05, 0) is 48.6 Å². The highest BCUT2D eigenvalue weighted by atomic mass is 32.1. The first-order valence-corrected chi connectivity index (χ1v) is 10.00. The topological polar surface area (TPSA) is 71.3 Å². The molecule has 144 valence electrons. The molecule has 28 heavy (non-hydrogen) atoms. The molecule has 2 heterocycles. The molecule has 0 radical (unpaired) electrons. The molecule has 2 N–H and O–H groups in total. The fourth-order valence-electron chi connectivity index (χ4n) is 2.82. The lowest BCUT2D eigenvalue weighted by atomic mass is 10.1. The Kier molecular flexibility index (Phi) is 5.25. The molecule has 7 heteroatoms. The van der Waals surface area contributed by atoms with Crippen LogP contribution in [0.15, 0.2) is 52.3 Å². The van der Waals surface area contributed by atoms with Gasteiger partial charge in [0.15, 0.2) is 0 Å². The summed E-state index contributed by atoms with van der Waals surface area (Å²) in [7, 11) is 0. The predicted molar refractivity (Wildman–Crippen MR) is 106 cm³/mol. The lowest BCUT2D eigenvalue weighted by molar-refractivity contribution is -0.116. The number of rotatable bonds is 7. The first-order chi connectivity index (χ1) is 13.6. The van der Waals surface area contributed by atoms with Crippen molar-refractivity contribution in [2.24, 2.45) is 0 Å². The summed E-state index contributed by atoms with van der Waals surface area (Å²) in [5, 5.41) is 8.05. The number of halogens is 1. The number of benzene rings is 1. The van der Waals surface area contributed by atoms with Crippen LogP contribution in [0.5, 0.6) is 0 Å². The van der Waals surface area contributed by atoms with Crippen LogP contribution in [0, 0.1) is 5.82 Å². The van der Waals surface area contributed by atoms with E-state index in [1.54, 1.807) is 41.8 Å². The Hall–Kier alpha value is -2.93. The van der Waals surface area contributed by atoms with E-state index >= 15 is 0 Å². The summed E-state index contributed by atoms with van der Waals surface area (Å²) < 4.78 is 19.5. The SMILES string of the molecule is O=C(CCc1ccc(-c2ccccc2F)o1)Nc1sccc1C(=O)NC1CC1. The second kappa shape index (κ2) is 7.98. The van der Waals surface area contributed by atoms with Gasteiger partial charge in [0, 0.05) is 18.9 Å². The van der Waals surface area contributed by atoms with Gasteiger partial charge in [0.2, 0.25) is 5.91 Å². The molecule has 0 spiro atoms. The Morgan fingerprint density at radius 2 is 1.96 bits per heavy atom. The molecule has 1 aliphatic carbocycles. The second-order valence-electron chi connectivity index (χ2n) is 6.71. The van der Waals surface area contributed by atoms with Gasteiger partial charge in [-0.25, -0.2) is 4.39 Å². The van der Waals surface area contributed by atoms with E-state index in [9.17, 15) is 14.0 Å². The molecule has 1 saturated carbocycles. The molecular formula is C21H19FN2O3S. The van der Waals surface area contributed by atoms with Crippen LogP contribution >= 0.6 is 11.3 Å².